The first kappa shape index (κ1) is 13.7. The van der Waals surface area contributed by atoms with Crippen molar-refractivity contribution in [3.63, 3.8) is 0 Å². The van der Waals surface area contributed by atoms with Crippen molar-refractivity contribution in [2.24, 2.45) is 24.3 Å². The predicted octanol–water partition coefficient (Wildman–Crippen LogP) is 0.278. The van der Waals surface area contributed by atoms with Crippen molar-refractivity contribution < 1.29 is 5.11 Å². The fourth-order valence-corrected chi connectivity index (χ4v) is 2.10. The average Bonchev–Trinajstić information content (AvgIpc) is 2.95. The van der Waals surface area contributed by atoms with Gasteiger partial charge in [0.2, 0.25) is 5.39 Å². The van der Waals surface area contributed by atoms with Gasteiger partial charge < -0.3 is 9.67 Å². The lowest BCUT2D eigenvalue weighted by atomic mass is 10.5. The fourth-order valence-electron chi connectivity index (χ4n) is 1.52. The van der Waals surface area contributed by atoms with Gasteiger partial charge in [0.25, 0.3) is 5.49 Å². The highest BCUT2D eigenvalue weighted by Gasteiger charge is 2.18. The SMILES string of the molecule is Cn1c([O-])c([N+]#N)c(=NN=Cc2cccs2)n(C)c1=O. The molecule has 8 nitrogen and oxygen atoms in total. The van der Waals surface area contributed by atoms with E-state index < -0.39 is 11.6 Å². The zero-order valence-corrected chi connectivity index (χ0v) is 11.5. The van der Waals surface area contributed by atoms with Crippen molar-refractivity contribution in [3.8, 4) is 5.88 Å². The summed E-state index contributed by atoms with van der Waals surface area (Å²) in [5, 5.41) is 30.1. The van der Waals surface area contributed by atoms with Gasteiger partial charge in [0.1, 0.15) is 0 Å². The van der Waals surface area contributed by atoms with Crippen LogP contribution < -0.4 is 16.3 Å². The number of hydrogen-bond acceptors (Lipinski definition) is 6. The number of aromatic nitrogens is 2. The molecule has 0 amide bonds. The third kappa shape index (κ3) is 2.36. The van der Waals surface area contributed by atoms with Gasteiger partial charge in [0.05, 0.1) is 12.1 Å². The Hall–Kier alpha value is -2.73. The monoisotopic (exact) mass is 290 g/mol. The van der Waals surface area contributed by atoms with Crippen molar-refractivity contribution in [2.45, 2.75) is 0 Å². The van der Waals surface area contributed by atoms with E-state index in [-0.39, 0.29) is 11.2 Å². The summed E-state index contributed by atoms with van der Waals surface area (Å²) in [6.45, 7) is 0. The zero-order valence-electron chi connectivity index (χ0n) is 10.7. The minimum absolute atomic E-state index is 0.103. The van der Waals surface area contributed by atoms with Gasteiger partial charge in [-0.05, 0) is 11.4 Å². The van der Waals surface area contributed by atoms with E-state index in [9.17, 15) is 9.90 Å². The highest BCUT2D eigenvalue weighted by atomic mass is 32.1. The third-order valence-electron chi connectivity index (χ3n) is 2.59. The second kappa shape index (κ2) is 5.50. The number of thiophene rings is 1. The summed E-state index contributed by atoms with van der Waals surface area (Å²) < 4.78 is 1.92. The summed E-state index contributed by atoms with van der Waals surface area (Å²) >= 11 is 1.46. The molecule has 0 aromatic carbocycles. The summed E-state index contributed by atoms with van der Waals surface area (Å²) in [4.78, 5) is 15.5. The molecule has 0 aliphatic carbocycles. The van der Waals surface area contributed by atoms with E-state index in [1.54, 1.807) is 0 Å². The maximum Gasteiger partial charge on any atom is 0.437 e. The van der Waals surface area contributed by atoms with Crippen molar-refractivity contribution >= 4 is 23.2 Å². The molecule has 0 unspecified atom stereocenters. The van der Waals surface area contributed by atoms with Crippen molar-refractivity contribution in [1.82, 2.24) is 9.13 Å². The van der Waals surface area contributed by atoms with Crippen LogP contribution in [0.3, 0.4) is 0 Å². The fraction of sp³-hybridized carbons (Fsp3) is 0.182. The molecule has 0 N–H and O–H groups in total. The number of nitrogens with zero attached hydrogens (tertiary/aromatic N) is 6. The highest BCUT2D eigenvalue weighted by molar-refractivity contribution is 7.11. The zero-order chi connectivity index (χ0) is 14.7. The molecular weight excluding hydrogens is 280 g/mol. The van der Waals surface area contributed by atoms with Crippen LogP contribution >= 0.6 is 11.3 Å². The largest absolute Gasteiger partial charge is 0.854 e. The standard InChI is InChI=1S/C11H10N6O2S/c1-16-9(15-13-6-7-4-3-5-20-7)8(14-12)10(18)17(2)11(16)19/h3-6H,1-2H3. The molecule has 2 aromatic rings. The topological polar surface area (TPSA) is 103 Å². The number of hydrogen-bond donors (Lipinski definition) is 0. The van der Waals surface area contributed by atoms with Gasteiger partial charge in [-0.3, -0.25) is 4.57 Å². The van der Waals surface area contributed by atoms with Crippen LogP contribution in [0.5, 0.6) is 5.88 Å². The van der Waals surface area contributed by atoms with Crippen molar-refractivity contribution in [3.05, 3.63) is 43.3 Å². The van der Waals surface area contributed by atoms with Gasteiger partial charge in [-0.1, -0.05) is 6.07 Å². The molecular formula is C11H10N6O2S. The summed E-state index contributed by atoms with van der Waals surface area (Å²) in [6, 6.07) is 3.69. The van der Waals surface area contributed by atoms with E-state index in [2.05, 4.69) is 15.2 Å². The van der Waals surface area contributed by atoms with Crippen LogP contribution in [0.25, 0.3) is 4.98 Å². The summed E-state index contributed by atoms with van der Waals surface area (Å²) in [5.41, 5.74) is -1.01. The van der Waals surface area contributed by atoms with Gasteiger partial charge in [-0.15, -0.1) is 16.4 Å². The average molecular weight is 290 g/mol. The normalized spacial score (nSPS) is 11.9. The Labute approximate surface area is 117 Å². The Morgan fingerprint density at radius 3 is 2.80 bits per heavy atom. The van der Waals surface area contributed by atoms with E-state index >= 15 is 0 Å². The van der Waals surface area contributed by atoms with Crippen molar-refractivity contribution in [1.29, 1.82) is 5.39 Å². The van der Waals surface area contributed by atoms with Gasteiger partial charge in [0, 0.05) is 19.0 Å². The first-order valence-electron chi connectivity index (χ1n) is 5.49. The molecule has 2 heterocycles. The lowest BCUT2D eigenvalue weighted by Crippen LogP contribution is -2.38. The smallest absolute Gasteiger partial charge is 0.437 e. The Morgan fingerprint density at radius 2 is 2.20 bits per heavy atom. The molecule has 0 atom stereocenters. The molecule has 9 heteroatoms. The minimum Gasteiger partial charge on any atom is -0.854 e. The second-order valence-electron chi connectivity index (χ2n) is 3.84. The van der Waals surface area contributed by atoms with Gasteiger partial charge in [0.15, 0.2) is 4.98 Å². The van der Waals surface area contributed by atoms with Crippen molar-refractivity contribution in [2.75, 3.05) is 0 Å². The van der Waals surface area contributed by atoms with Crippen LogP contribution in [-0.2, 0) is 14.1 Å². The molecule has 0 aliphatic heterocycles. The van der Waals surface area contributed by atoms with Gasteiger partial charge >= 0.3 is 11.4 Å². The van der Waals surface area contributed by atoms with Crippen LogP contribution in [0.15, 0.2) is 32.5 Å². The Kier molecular flexibility index (Phi) is 3.76. The van der Waals surface area contributed by atoms with Crippen LogP contribution in [0.2, 0.25) is 0 Å². The van der Waals surface area contributed by atoms with Crippen LogP contribution in [0.4, 0.5) is 5.69 Å². The Balaban J connectivity index is 2.63. The van der Waals surface area contributed by atoms with E-state index in [1.807, 2.05) is 17.5 Å². The molecule has 2 aromatic heterocycles. The molecule has 0 bridgehead atoms. The molecule has 2 rings (SSSR count). The summed E-state index contributed by atoms with van der Waals surface area (Å²) in [7, 11) is 2.70. The first-order chi connectivity index (χ1) is 9.56. The third-order valence-corrected chi connectivity index (χ3v) is 3.40. The summed E-state index contributed by atoms with van der Waals surface area (Å²) in [5.74, 6) is -0.735. The number of diazo groups is 1. The minimum atomic E-state index is -0.735. The number of rotatable bonds is 2. The summed E-state index contributed by atoms with van der Waals surface area (Å²) in [6.07, 6.45) is 1.48. The lowest BCUT2D eigenvalue weighted by molar-refractivity contribution is -0.278. The Bertz CT molecular complexity index is 822. The Morgan fingerprint density at radius 1 is 1.45 bits per heavy atom. The molecule has 102 valence electrons. The van der Waals surface area contributed by atoms with Crippen LogP contribution in [0.1, 0.15) is 4.88 Å². The predicted molar refractivity (Wildman–Crippen MR) is 72.3 cm³/mol. The van der Waals surface area contributed by atoms with Crippen LogP contribution in [0, 0.1) is 5.39 Å². The molecule has 20 heavy (non-hydrogen) atoms. The van der Waals surface area contributed by atoms with E-state index in [0.717, 1.165) is 14.0 Å². The van der Waals surface area contributed by atoms with E-state index in [4.69, 9.17) is 5.39 Å². The molecule has 0 saturated heterocycles. The van der Waals surface area contributed by atoms with E-state index in [1.165, 1.54) is 31.6 Å². The first-order valence-corrected chi connectivity index (χ1v) is 6.37. The molecule has 0 saturated carbocycles. The maximum atomic E-state index is 11.8. The van der Waals surface area contributed by atoms with Gasteiger partial charge in [-0.25, -0.2) is 4.79 Å². The molecule has 0 spiro atoms. The maximum absolute atomic E-state index is 11.8. The molecule has 0 aliphatic rings. The molecule has 0 radical (unpaired) electrons. The second-order valence-corrected chi connectivity index (χ2v) is 4.82. The van der Waals surface area contributed by atoms with Crippen LogP contribution in [-0.4, -0.2) is 15.3 Å². The van der Waals surface area contributed by atoms with E-state index in [0.29, 0.717) is 0 Å². The quantitative estimate of drug-likeness (QED) is 0.450. The highest BCUT2D eigenvalue weighted by Crippen LogP contribution is 2.14. The van der Waals surface area contributed by atoms with Gasteiger partial charge in [-0.2, -0.15) is 5.10 Å². The lowest BCUT2D eigenvalue weighted by Gasteiger charge is -2.09. The molecule has 0 fully saturated rings.